The van der Waals surface area contributed by atoms with Crippen molar-refractivity contribution in [3.8, 4) is 0 Å². The minimum atomic E-state index is -0.282. The molecule has 22 heavy (non-hydrogen) atoms. The van der Waals surface area contributed by atoms with E-state index >= 15 is 0 Å². The van der Waals surface area contributed by atoms with E-state index in [2.05, 4.69) is 16.4 Å². The first kappa shape index (κ1) is 14.7. The third-order valence-electron chi connectivity index (χ3n) is 4.13. The highest BCUT2D eigenvalue weighted by Crippen LogP contribution is 2.23. The third-order valence-corrected chi connectivity index (χ3v) is 4.13. The Morgan fingerprint density at radius 2 is 2.05 bits per heavy atom. The maximum absolute atomic E-state index is 13.0. The molecule has 0 fully saturated rings. The predicted molar refractivity (Wildman–Crippen MR) is 84.6 cm³/mol. The van der Waals surface area contributed by atoms with Gasteiger partial charge in [0.15, 0.2) is 0 Å². The molecule has 4 heteroatoms. The van der Waals surface area contributed by atoms with Gasteiger partial charge in [-0.05, 0) is 55.0 Å². The van der Waals surface area contributed by atoms with Crippen molar-refractivity contribution in [3.63, 3.8) is 0 Å². The van der Waals surface area contributed by atoms with Gasteiger partial charge >= 0.3 is 0 Å². The van der Waals surface area contributed by atoms with Crippen LogP contribution in [0.1, 0.15) is 35.6 Å². The molecule has 1 aliphatic heterocycles. The Balaban J connectivity index is 1.68. The van der Waals surface area contributed by atoms with E-state index in [0.29, 0.717) is 6.42 Å². The van der Waals surface area contributed by atoms with E-state index in [9.17, 15) is 9.18 Å². The van der Waals surface area contributed by atoms with Gasteiger partial charge in [0.05, 0.1) is 0 Å². The number of aromatic nitrogens is 1. The number of nitrogens with one attached hydrogen (secondary N) is 1. The van der Waals surface area contributed by atoms with Gasteiger partial charge in [0.2, 0.25) is 0 Å². The van der Waals surface area contributed by atoms with E-state index in [1.165, 1.54) is 17.7 Å². The molecule has 3 rings (SSSR count). The minimum absolute atomic E-state index is 0.216. The molecule has 2 heterocycles. The molecule has 0 radical (unpaired) electrons. The molecule has 0 saturated heterocycles. The van der Waals surface area contributed by atoms with E-state index in [-0.39, 0.29) is 11.7 Å². The number of hydrogen-bond acceptors (Lipinski definition) is 3. The zero-order valence-electron chi connectivity index (χ0n) is 12.4. The second-order valence-electron chi connectivity index (χ2n) is 5.67. The lowest BCUT2D eigenvalue weighted by Crippen LogP contribution is -2.14. The van der Waals surface area contributed by atoms with E-state index < -0.39 is 0 Å². The first-order chi connectivity index (χ1) is 10.8. The molecule has 0 saturated carbocycles. The van der Waals surface area contributed by atoms with Crippen molar-refractivity contribution in [3.05, 3.63) is 59.0 Å². The summed E-state index contributed by atoms with van der Waals surface area (Å²) in [5, 5.41) is 3.32. The number of halogens is 1. The molecule has 0 aliphatic carbocycles. The van der Waals surface area contributed by atoms with Crippen LogP contribution in [0.25, 0.3) is 0 Å². The summed E-state index contributed by atoms with van der Waals surface area (Å²) in [5.41, 5.74) is 3.11. The summed E-state index contributed by atoms with van der Waals surface area (Å²) in [6.07, 6.45) is 4.56. The topological polar surface area (TPSA) is 42.0 Å². The van der Waals surface area contributed by atoms with Gasteiger partial charge in [-0.2, -0.15) is 0 Å². The second-order valence-corrected chi connectivity index (χ2v) is 5.67. The van der Waals surface area contributed by atoms with Gasteiger partial charge in [0, 0.05) is 18.2 Å². The molecule has 0 amide bonds. The minimum Gasteiger partial charge on any atom is -0.370 e. The Morgan fingerprint density at radius 3 is 2.82 bits per heavy atom. The highest BCUT2D eigenvalue weighted by atomic mass is 19.1. The van der Waals surface area contributed by atoms with Crippen LogP contribution in [0.3, 0.4) is 0 Å². The van der Waals surface area contributed by atoms with E-state index in [1.54, 1.807) is 12.1 Å². The fourth-order valence-corrected chi connectivity index (χ4v) is 2.83. The van der Waals surface area contributed by atoms with Gasteiger partial charge in [-0.1, -0.05) is 18.2 Å². The van der Waals surface area contributed by atoms with Crippen molar-refractivity contribution >= 4 is 12.1 Å². The number of fused-ring (bicyclic) bond motifs is 1. The predicted octanol–water partition coefficient (Wildman–Crippen LogP) is 3.49. The number of nitrogens with zero attached hydrogens (tertiary/aromatic N) is 1. The van der Waals surface area contributed by atoms with Crippen molar-refractivity contribution in [2.45, 2.75) is 31.6 Å². The van der Waals surface area contributed by atoms with Crippen LogP contribution in [0.15, 0.2) is 36.4 Å². The molecule has 1 aliphatic rings. The fourth-order valence-electron chi connectivity index (χ4n) is 2.83. The normalized spacial score (nSPS) is 14.8. The van der Waals surface area contributed by atoms with Crippen LogP contribution in [-0.4, -0.2) is 17.8 Å². The van der Waals surface area contributed by atoms with E-state index in [4.69, 9.17) is 0 Å². The molecule has 0 bridgehead atoms. The van der Waals surface area contributed by atoms with Crippen molar-refractivity contribution < 1.29 is 9.18 Å². The first-order valence-electron chi connectivity index (χ1n) is 7.69. The van der Waals surface area contributed by atoms with Gasteiger partial charge in [-0.3, -0.25) is 0 Å². The summed E-state index contributed by atoms with van der Waals surface area (Å²) < 4.78 is 13.0. The van der Waals surface area contributed by atoms with E-state index in [0.717, 1.165) is 49.2 Å². The molecule has 2 aromatic rings. The Kier molecular flexibility index (Phi) is 4.47. The zero-order chi connectivity index (χ0) is 15.4. The molecular formula is C18H19FN2O. The highest BCUT2D eigenvalue weighted by Gasteiger charge is 2.13. The number of aryl methyl sites for hydroxylation is 2. The van der Waals surface area contributed by atoms with Gasteiger partial charge in [0.1, 0.15) is 17.9 Å². The van der Waals surface area contributed by atoms with Crippen LogP contribution < -0.4 is 5.32 Å². The van der Waals surface area contributed by atoms with Crippen molar-refractivity contribution in [1.82, 2.24) is 4.98 Å². The summed E-state index contributed by atoms with van der Waals surface area (Å²) in [5.74, 6) is 0.482. The van der Waals surface area contributed by atoms with Crippen molar-refractivity contribution in [2.24, 2.45) is 0 Å². The van der Waals surface area contributed by atoms with Gasteiger partial charge in [-0.25, -0.2) is 9.37 Å². The van der Waals surface area contributed by atoms with Crippen LogP contribution in [0.5, 0.6) is 0 Å². The summed E-state index contributed by atoms with van der Waals surface area (Å²) in [6.45, 7) is 0.968. The van der Waals surface area contributed by atoms with Crippen molar-refractivity contribution in [1.29, 1.82) is 0 Å². The zero-order valence-corrected chi connectivity index (χ0v) is 12.4. The Morgan fingerprint density at radius 1 is 1.23 bits per heavy atom. The lowest BCUT2D eigenvalue weighted by Gasteiger charge is -2.18. The monoisotopic (exact) mass is 298 g/mol. The molecule has 3 nitrogen and oxygen atoms in total. The SMILES string of the molecule is O=CC(CCc1ccc2c(n1)NCCC2)c1ccc(F)cc1. The van der Waals surface area contributed by atoms with Gasteiger partial charge in [0.25, 0.3) is 0 Å². The van der Waals surface area contributed by atoms with Crippen LogP contribution in [-0.2, 0) is 17.6 Å². The maximum atomic E-state index is 13.0. The number of hydrogen-bond donors (Lipinski definition) is 1. The average molecular weight is 298 g/mol. The summed E-state index contributed by atoms with van der Waals surface area (Å²) in [6, 6.07) is 10.3. The quantitative estimate of drug-likeness (QED) is 0.859. The van der Waals surface area contributed by atoms with Crippen LogP contribution in [0.4, 0.5) is 10.2 Å². The molecule has 114 valence electrons. The number of anilines is 1. The Labute approximate surface area is 129 Å². The summed E-state index contributed by atoms with van der Waals surface area (Å²) in [4.78, 5) is 16.0. The second kappa shape index (κ2) is 6.69. The van der Waals surface area contributed by atoms with Crippen LogP contribution in [0, 0.1) is 5.82 Å². The first-order valence-corrected chi connectivity index (χ1v) is 7.69. The van der Waals surface area contributed by atoms with E-state index in [1.807, 2.05) is 6.07 Å². The summed E-state index contributed by atoms with van der Waals surface area (Å²) in [7, 11) is 0. The summed E-state index contributed by atoms with van der Waals surface area (Å²) >= 11 is 0. The lowest BCUT2D eigenvalue weighted by molar-refractivity contribution is -0.109. The smallest absolute Gasteiger partial charge is 0.129 e. The molecular weight excluding hydrogens is 279 g/mol. The highest BCUT2D eigenvalue weighted by molar-refractivity contribution is 5.62. The fraction of sp³-hybridized carbons (Fsp3) is 0.333. The molecule has 1 N–H and O–H groups in total. The van der Waals surface area contributed by atoms with Crippen molar-refractivity contribution in [2.75, 3.05) is 11.9 Å². The molecule has 1 aromatic heterocycles. The number of carbonyl (C=O) groups excluding carboxylic acids is 1. The standard InChI is InChI=1S/C18H19FN2O/c19-16-7-3-13(4-8-16)15(12-22)6-10-17-9-5-14-2-1-11-20-18(14)21-17/h3-5,7-9,12,15H,1-2,6,10-11H2,(H,20,21). The molecule has 1 unspecified atom stereocenters. The number of rotatable bonds is 5. The lowest BCUT2D eigenvalue weighted by atomic mass is 9.94. The Bertz CT molecular complexity index is 655. The number of pyridine rings is 1. The molecule has 1 aromatic carbocycles. The number of carbonyl (C=O) groups is 1. The van der Waals surface area contributed by atoms with Gasteiger partial charge < -0.3 is 10.1 Å². The maximum Gasteiger partial charge on any atom is 0.129 e. The number of aldehydes is 1. The largest absolute Gasteiger partial charge is 0.370 e. The Hall–Kier alpha value is -2.23. The third kappa shape index (κ3) is 3.32. The van der Waals surface area contributed by atoms with Crippen LogP contribution in [0.2, 0.25) is 0 Å². The average Bonchev–Trinajstić information content (AvgIpc) is 2.57. The number of benzene rings is 1. The molecule has 1 atom stereocenters. The van der Waals surface area contributed by atoms with Gasteiger partial charge in [-0.15, -0.1) is 0 Å². The molecule has 0 spiro atoms. The van der Waals surface area contributed by atoms with Crippen LogP contribution >= 0.6 is 0 Å².